The minimum Gasteiger partial charge on any atom is -0.380 e. The molecule has 1 fully saturated rings. The van der Waals surface area contributed by atoms with E-state index >= 15 is 0 Å². The highest BCUT2D eigenvalue weighted by Crippen LogP contribution is 2.36. The molecule has 100 valence electrons. The molecular formula is C12H14F4N2. The van der Waals surface area contributed by atoms with E-state index in [9.17, 15) is 17.6 Å². The molecule has 0 radical (unpaired) electrons. The Morgan fingerprint density at radius 3 is 2.67 bits per heavy atom. The fourth-order valence-corrected chi connectivity index (χ4v) is 2.03. The summed E-state index contributed by atoms with van der Waals surface area (Å²) in [5.41, 5.74) is -0.740. The van der Waals surface area contributed by atoms with Gasteiger partial charge in [-0.2, -0.15) is 13.2 Å². The summed E-state index contributed by atoms with van der Waals surface area (Å²) in [5, 5.41) is 5.93. The molecular weight excluding hydrogens is 248 g/mol. The molecule has 0 aromatic heterocycles. The van der Waals surface area contributed by atoms with Gasteiger partial charge in [-0.3, -0.25) is 0 Å². The van der Waals surface area contributed by atoms with Gasteiger partial charge in [0, 0.05) is 18.3 Å². The summed E-state index contributed by atoms with van der Waals surface area (Å²) in [6, 6.07) is 3.53. The summed E-state index contributed by atoms with van der Waals surface area (Å²) in [7, 11) is 0. The highest BCUT2D eigenvalue weighted by molar-refractivity contribution is 5.55. The second kappa shape index (κ2) is 5.14. The van der Waals surface area contributed by atoms with Gasteiger partial charge in [0.25, 0.3) is 0 Å². The lowest BCUT2D eigenvalue weighted by Crippen LogP contribution is -2.24. The number of nitrogens with one attached hydrogen (secondary N) is 2. The maximum atomic E-state index is 12.9. The Morgan fingerprint density at radius 1 is 1.33 bits per heavy atom. The van der Waals surface area contributed by atoms with Gasteiger partial charge in [-0.05, 0) is 30.7 Å². The molecule has 1 heterocycles. The molecule has 1 saturated heterocycles. The number of halogens is 4. The zero-order valence-corrected chi connectivity index (χ0v) is 9.65. The molecule has 1 aromatic rings. The Kier molecular flexibility index (Phi) is 3.75. The van der Waals surface area contributed by atoms with Gasteiger partial charge in [0.2, 0.25) is 0 Å². The third kappa shape index (κ3) is 2.93. The smallest absolute Gasteiger partial charge is 0.380 e. The van der Waals surface area contributed by atoms with E-state index in [-0.39, 0.29) is 17.3 Å². The Hall–Kier alpha value is -1.30. The number of benzene rings is 1. The van der Waals surface area contributed by atoms with Crippen LogP contribution in [0.2, 0.25) is 0 Å². The maximum Gasteiger partial charge on any atom is 0.418 e. The molecule has 2 N–H and O–H groups in total. The molecule has 6 heteroatoms. The fraction of sp³-hybridized carbons (Fsp3) is 0.500. The van der Waals surface area contributed by atoms with Crippen molar-refractivity contribution in [3.05, 3.63) is 29.3 Å². The normalized spacial score (nSPS) is 20.1. The number of alkyl halides is 4. The van der Waals surface area contributed by atoms with E-state index in [0.717, 1.165) is 19.0 Å². The van der Waals surface area contributed by atoms with Gasteiger partial charge in [-0.25, -0.2) is 4.39 Å². The van der Waals surface area contributed by atoms with Crippen molar-refractivity contribution < 1.29 is 17.6 Å². The van der Waals surface area contributed by atoms with Crippen LogP contribution in [0.1, 0.15) is 17.5 Å². The predicted molar refractivity (Wildman–Crippen MR) is 61.2 cm³/mol. The van der Waals surface area contributed by atoms with E-state index in [1.165, 1.54) is 12.1 Å². The Morgan fingerprint density at radius 2 is 2.11 bits per heavy atom. The van der Waals surface area contributed by atoms with Crippen LogP contribution in [0, 0.1) is 0 Å². The van der Waals surface area contributed by atoms with Crippen molar-refractivity contribution in [2.45, 2.75) is 25.3 Å². The van der Waals surface area contributed by atoms with Crippen LogP contribution >= 0.6 is 0 Å². The first-order valence-corrected chi connectivity index (χ1v) is 5.74. The molecule has 0 saturated carbocycles. The van der Waals surface area contributed by atoms with Crippen molar-refractivity contribution in [3.63, 3.8) is 0 Å². The van der Waals surface area contributed by atoms with Crippen molar-refractivity contribution in [1.82, 2.24) is 5.32 Å². The third-order valence-corrected chi connectivity index (χ3v) is 2.96. The van der Waals surface area contributed by atoms with E-state index in [0.29, 0.717) is 6.54 Å². The molecule has 1 unspecified atom stereocenters. The molecule has 0 amide bonds. The highest BCUT2D eigenvalue weighted by atomic mass is 19.4. The molecule has 1 aromatic carbocycles. The van der Waals surface area contributed by atoms with Crippen LogP contribution in [0.4, 0.5) is 23.2 Å². The van der Waals surface area contributed by atoms with Crippen LogP contribution in [0.5, 0.6) is 0 Å². The molecule has 2 nitrogen and oxygen atoms in total. The molecule has 0 spiro atoms. The van der Waals surface area contributed by atoms with Crippen molar-refractivity contribution >= 4 is 5.69 Å². The van der Waals surface area contributed by atoms with Crippen LogP contribution in [0.3, 0.4) is 0 Å². The van der Waals surface area contributed by atoms with Gasteiger partial charge in [-0.15, -0.1) is 0 Å². The molecule has 1 aliphatic rings. The first-order chi connectivity index (χ1) is 8.50. The van der Waals surface area contributed by atoms with E-state index in [4.69, 9.17) is 0 Å². The van der Waals surface area contributed by atoms with Crippen LogP contribution in [-0.4, -0.2) is 19.1 Å². The van der Waals surface area contributed by atoms with Crippen LogP contribution < -0.4 is 10.6 Å². The second-order valence-electron chi connectivity index (χ2n) is 4.35. The average molecular weight is 262 g/mol. The van der Waals surface area contributed by atoms with Crippen LogP contribution in [0.25, 0.3) is 0 Å². The van der Waals surface area contributed by atoms with E-state index < -0.39 is 18.4 Å². The minimum atomic E-state index is -4.47. The van der Waals surface area contributed by atoms with E-state index in [1.807, 2.05) is 0 Å². The lowest BCUT2D eigenvalue weighted by Gasteiger charge is -2.18. The molecule has 1 atom stereocenters. The van der Waals surface area contributed by atoms with Gasteiger partial charge >= 0.3 is 6.18 Å². The average Bonchev–Trinajstić information content (AvgIpc) is 2.81. The van der Waals surface area contributed by atoms with Gasteiger partial charge in [0.05, 0.1) is 5.56 Å². The lowest BCUT2D eigenvalue weighted by atomic mass is 10.1. The molecule has 2 rings (SSSR count). The minimum absolute atomic E-state index is 0.0117. The molecule has 1 aliphatic heterocycles. The first-order valence-electron chi connectivity index (χ1n) is 5.74. The highest BCUT2D eigenvalue weighted by Gasteiger charge is 2.34. The topological polar surface area (TPSA) is 24.1 Å². The zero-order valence-electron chi connectivity index (χ0n) is 9.65. The predicted octanol–water partition coefficient (Wildman–Crippen LogP) is 2.95. The van der Waals surface area contributed by atoms with Gasteiger partial charge in [0.1, 0.15) is 6.67 Å². The summed E-state index contributed by atoms with van der Waals surface area (Å²) in [6.07, 6.45) is -3.69. The SMILES string of the molecule is FCc1ccc(NC2CCNC2)c(C(F)(F)F)c1. The largest absolute Gasteiger partial charge is 0.418 e. The summed E-state index contributed by atoms with van der Waals surface area (Å²) < 4.78 is 51.0. The van der Waals surface area contributed by atoms with Gasteiger partial charge < -0.3 is 10.6 Å². The molecule has 18 heavy (non-hydrogen) atoms. The Labute approximate surface area is 102 Å². The van der Waals surface area contributed by atoms with Crippen molar-refractivity contribution in [2.75, 3.05) is 18.4 Å². The third-order valence-electron chi connectivity index (χ3n) is 2.96. The van der Waals surface area contributed by atoms with Gasteiger partial charge in [0.15, 0.2) is 0 Å². The number of anilines is 1. The van der Waals surface area contributed by atoms with Crippen molar-refractivity contribution in [2.24, 2.45) is 0 Å². The number of rotatable bonds is 3. The Bertz CT molecular complexity index is 411. The first kappa shape index (κ1) is 13.1. The zero-order chi connectivity index (χ0) is 13.2. The summed E-state index contributed by atoms with van der Waals surface area (Å²) in [6.45, 7) is 0.540. The number of hydrogen-bond acceptors (Lipinski definition) is 2. The van der Waals surface area contributed by atoms with Crippen molar-refractivity contribution in [3.8, 4) is 0 Å². The monoisotopic (exact) mass is 262 g/mol. The summed E-state index contributed by atoms with van der Waals surface area (Å²) in [5.74, 6) is 0. The summed E-state index contributed by atoms with van der Waals surface area (Å²) >= 11 is 0. The molecule has 0 aliphatic carbocycles. The number of hydrogen-bond donors (Lipinski definition) is 2. The fourth-order valence-electron chi connectivity index (χ4n) is 2.03. The standard InChI is InChI=1S/C12H14F4N2/c13-6-8-1-2-11(10(5-8)12(14,15)16)18-9-3-4-17-7-9/h1-2,5,9,17-18H,3-4,6-7H2. The molecule has 0 bridgehead atoms. The maximum absolute atomic E-state index is 12.9. The lowest BCUT2D eigenvalue weighted by molar-refractivity contribution is -0.137. The van der Waals surface area contributed by atoms with Crippen LogP contribution in [0.15, 0.2) is 18.2 Å². The van der Waals surface area contributed by atoms with E-state index in [1.54, 1.807) is 0 Å². The Balaban J connectivity index is 2.27. The van der Waals surface area contributed by atoms with Gasteiger partial charge in [-0.1, -0.05) is 6.07 Å². The van der Waals surface area contributed by atoms with Crippen molar-refractivity contribution in [1.29, 1.82) is 0 Å². The van der Waals surface area contributed by atoms with Crippen LogP contribution in [-0.2, 0) is 12.9 Å². The quantitative estimate of drug-likeness (QED) is 0.818. The summed E-state index contributed by atoms with van der Waals surface area (Å²) in [4.78, 5) is 0. The second-order valence-corrected chi connectivity index (χ2v) is 4.35. The van der Waals surface area contributed by atoms with E-state index in [2.05, 4.69) is 10.6 Å².